The highest BCUT2D eigenvalue weighted by molar-refractivity contribution is 9.10. The number of carbonyl (C=O) groups excluding carboxylic acids is 1. The summed E-state index contributed by atoms with van der Waals surface area (Å²) in [5.41, 5.74) is 0.448. The summed E-state index contributed by atoms with van der Waals surface area (Å²) < 4.78 is 19.6. The average Bonchev–Trinajstić information content (AvgIpc) is 2.44. The van der Waals surface area contributed by atoms with Gasteiger partial charge in [-0.05, 0) is 24.3 Å². The first kappa shape index (κ1) is 14.5. The summed E-state index contributed by atoms with van der Waals surface area (Å²) in [4.78, 5) is 11.6. The van der Waals surface area contributed by atoms with E-state index in [1.54, 1.807) is 30.3 Å². The fourth-order valence-corrected chi connectivity index (χ4v) is 1.97. The van der Waals surface area contributed by atoms with Crippen LogP contribution in [0.2, 0.25) is 0 Å². The second kappa shape index (κ2) is 7.05. The van der Waals surface area contributed by atoms with Crippen LogP contribution in [0.1, 0.15) is 5.56 Å². The minimum atomic E-state index is -0.333. The van der Waals surface area contributed by atoms with Crippen LogP contribution in [-0.4, -0.2) is 12.5 Å². The Morgan fingerprint density at radius 3 is 2.75 bits per heavy atom. The van der Waals surface area contributed by atoms with Crippen molar-refractivity contribution < 1.29 is 13.9 Å². The monoisotopic (exact) mass is 337 g/mol. The Kier molecular flexibility index (Phi) is 5.12. The maximum Gasteiger partial charge on any atom is 0.258 e. The van der Waals surface area contributed by atoms with Gasteiger partial charge in [0.25, 0.3) is 5.91 Å². The van der Waals surface area contributed by atoms with Crippen molar-refractivity contribution in [3.8, 4) is 5.75 Å². The Labute approximate surface area is 124 Å². The summed E-state index contributed by atoms with van der Waals surface area (Å²) in [7, 11) is 0. The van der Waals surface area contributed by atoms with E-state index >= 15 is 0 Å². The van der Waals surface area contributed by atoms with Crippen molar-refractivity contribution in [3.63, 3.8) is 0 Å². The molecule has 2 aromatic rings. The number of halogens is 2. The second-order valence-electron chi connectivity index (χ2n) is 4.11. The second-order valence-corrected chi connectivity index (χ2v) is 5.03. The SMILES string of the molecule is O=C(COc1cccc(Br)c1)NCc1ccccc1F. The van der Waals surface area contributed by atoms with E-state index in [1.165, 1.54) is 6.07 Å². The quantitative estimate of drug-likeness (QED) is 0.909. The molecule has 0 heterocycles. The van der Waals surface area contributed by atoms with Crippen LogP contribution < -0.4 is 10.1 Å². The maximum atomic E-state index is 13.3. The Balaban J connectivity index is 1.80. The molecule has 0 radical (unpaired) electrons. The van der Waals surface area contributed by atoms with E-state index in [1.807, 2.05) is 12.1 Å². The predicted octanol–water partition coefficient (Wildman–Crippen LogP) is 3.28. The Morgan fingerprint density at radius 1 is 1.20 bits per heavy atom. The number of amides is 1. The van der Waals surface area contributed by atoms with Crippen molar-refractivity contribution in [1.29, 1.82) is 0 Å². The zero-order chi connectivity index (χ0) is 14.4. The molecule has 0 aliphatic carbocycles. The van der Waals surface area contributed by atoms with E-state index in [0.29, 0.717) is 11.3 Å². The summed E-state index contributed by atoms with van der Waals surface area (Å²) in [5.74, 6) is -0.0330. The van der Waals surface area contributed by atoms with E-state index in [4.69, 9.17) is 4.74 Å². The fraction of sp³-hybridized carbons (Fsp3) is 0.133. The summed E-state index contributed by atoms with van der Waals surface area (Å²) >= 11 is 3.32. The van der Waals surface area contributed by atoms with Gasteiger partial charge in [0.1, 0.15) is 11.6 Å². The van der Waals surface area contributed by atoms with Crippen LogP contribution in [0.5, 0.6) is 5.75 Å². The van der Waals surface area contributed by atoms with Crippen LogP contribution in [0.25, 0.3) is 0 Å². The van der Waals surface area contributed by atoms with Gasteiger partial charge in [-0.15, -0.1) is 0 Å². The van der Waals surface area contributed by atoms with Gasteiger partial charge in [0.15, 0.2) is 6.61 Å². The highest BCUT2D eigenvalue weighted by Gasteiger charge is 2.05. The molecule has 0 aliphatic heterocycles. The summed E-state index contributed by atoms with van der Waals surface area (Å²) in [6.07, 6.45) is 0. The van der Waals surface area contributed by atoms with Crippen LogP contribution in [-0.2, 0) is 11.3 Å². The maximum absolute atomic E-state index is 13.3. The lowest BCUT2D eigenvalue weighted by Crippen LogP contribution is -2.28. The van der Waals surface area contributed by atoms with Gasteiger partial charge in [0, 0.05) is 16.6 Å². The number of rotatable bonds is 5. The Hall–Kier alpha value is -1.88. The van der Waals surface area contributed by atoms with Gasteiger partial charge in [-0.2, -0.15) is 0 Å². The van der Waals surface area contributed by atoms with Gasteiger partial charge < -0.3 is 10.1 Å². The molecule has 1 N–H and O–H groups in total. The molecule has 2 rings (SSSR count). The molecule has 0 unspecified atom stereocenters. The molecular formula is C15H13BrFNO2. The van der Waals surface area contributed by atoms with Gasteiger partial charge in [-0.1, -0.05) is 40.2 Å². The third kappa shape index (κ3) is 4.35. The number of ether oxygens (including phenoxy) is 1. The van der Waals surface area contributed by atoms with Gasteiger partial charge in [-0.25, -0.2) is 4.39 Å². The van der Waals surface area contributed by atoms with E-state index < -0.39 is 0 Å². The first-order valence-corrected chi connectivity index (χ1v) is 6.83. The molecule has 5 heteroatoms. The first-order chi connectivity index (χ1) is 9.65. The molecule has 0 fully saturated rings. The lowest BCUT2D eigenvalue weighted by Gasteiger charge is -2.08. The van der Waals surface area contributed by atoms with Crippen LogP contribution in [0.4, 0.5) is 4.39 Å². The van der Waals surface area contributed by atoms with Crippen molar-refractivity contribution in [3.05, 3.63) is 64.4 Å². The van der Waals surface area contributed by atoms with E-state index in [9.17, 15) is 9.18 Å². The largest absolute Gasteiger partial charge is 0.484 e. The van der Waals surface area contributed by atoms with Crippen molar-refractivity contribution >= 4 is 21.8 Å². The molecule has 0 bridgehead atoms. The van der Waals surface area contributed by atoms with Gasteiger partial charge in [0.2, 0.25) is 0 Å². The average molecular weight is 338 g/mol. The molecule has 0 saturated carbocycles. The minimum absolute atomic E-state index is 0.106. The normalized spacial score (nSPS) is 10.1. The molecule has 3 nitrogen and oxygen atoms in total. The number of hydrogen-bond donors (Lipinski definition) is 1. The van der Waals surface area contributed by atoms with Crippen molar-refractivity contribution in [2.45, 2.75) is 6.54 Å². The van der Waals surface area contributed by atoms with Gasteiger partial charge in [0.05, 0.1) is 0 Å². The zero-order valence-electron chi connectivity index (χ0n) is 10.6. The van der Waals surface area contributed by atoms with E-state index in [-0.39, 0.29) is 24.9 Å². The molecule has 20 heavy (non-hydrogen) atoms. The van der Waals surface area contributed by atoms with Crippen LogP contribution in [0.15, 0.2) is 53.0 Å². The third-order valence-corrected chi connectivity index (χ3v) is 3.09. The Bertz CT molecular complexity index is 604. The minimum Gasteiger partial charge on any atom is -0.484 e. The predicted molar refractivity (Wildman–Crippen MR) is 77.9 cm³/mol. The standard InChI is InChI=1S/C15H13BrFNO2/c16-12-5-3-6-13(8-12)20-10-15(19)18-9-11-4-1-2-7-14(11)17/h1-8H,9-10H2,(H,18,19). The lowest BCUT2D eigenvalue weighted by atomic mass is 10.2. The fourth-order valence-electron chi connectivity index (χ4n) is 1.59. The van der Waals surface area contributed by atoms with Crippen LogP contribution >= 0.6 is 15.9 Å². The smallest absolute Gasteiger partial charge is 0.258 e. The third-order valence-electron chi connectivity index (χ3n) is 2.60. The zero-order valence-corrected chi connectivity index (χ0v) is 12.2. The van der Waals surface area contributed by atoms with Crippen molar-refractivity contribution in [2.24, 2.45) is 0 Å². The van der Waals surface area contributed by atoms with E-state index in [2.05, 4.69) is 21.2 Å². The van der Waals surface area contributed by atoms with Crippen LogP contribution in [0.3, 0.4) is 0 Å². The van der Waals surface area contributed by atoms with E-state index in [0.717, 1.165) is 4.47 Å². The first-order valence-electron chi connectivity index (χ1n) is 6.03. The summed E-state index contributed by atoms with van der Waals surface area (Å²) in [6.45, 7) is 0.0399. The molecule has 104 valence electrons. The number of hydrogen-bond acceptors (Lipinski definition) is 2. The molecule has 1 amide bonds. The highest BCUT2D eigenvalue weighted by Crippen LogP contribution is 2.17. The van der Waals surface area contributed by atoms with Crippen LogP contribution in [0, 0.1) is 5.82 Å². The molecule has 2 aromatic carbocycles. The number of benzene rings is 2. The lowest BCUT2D eigenvalue weighted by molar-refractivity contribution is -0.123. The molecule has 0 atom stereocenters. The topological polar surface area (TPSA) is 38.3 Å². The summed E-state index contributed by atoms with van der Waals surface area (Å²) in [5, 5.41) is 2.61. The van der Waals surface area contributed by atoms with Gasteiger partial charge in [-0.3, -0.25) is 4.79 Å². The number of nitrogens with one attached hydrogen (secondary N) is 1. The van der Waals surface area contributed by atoms with Gasteiger partial charge >= 0.3 is 0 Å². The molecule has 0 aromatic heterocycles. The Morgan fingerprint density at radius 2 is 2.00 bits per heavy atom. The summed E-state index contributed by atoms with van der Waals surface area (Å²) in [6, 6.07) is 13.5. The molecule has 0 aliphatic rings. The molecule has 0 spiro atoms. The highest BCUT2D eigenvalue weighted by atomic mass is 79.9. The van der Waals surface area contributed by atoms with Crippen molar-refractivity contribution in [1.82, 2.24) is 5.32 Å². The molecule has 0 saturated heterocycles. The number of carbonyl (C=O) groups is 1. The molecular weight excluding hydrogens is 325 g/mol. The van der Waals surface area contributed by atoms with Crippen molar-refractivity contribution in [2.75, 3.05) is 6.61 Å².